The molecule has 0 bridgehead atoms. The van der Waals surface area contributed by atoms with Gasteiger partial charge in [0.25, 0.3) is 0 Å². The van der Waals surface area contributed by atoms with Crippen LogP contribution >= 0.6 is 0 Å². The molecule has 0 heterocycles. The average molecular weight is 648 g/mol. The summed E-state index contributed by atoms with van der Waals surface area (Å²) in [5.74, 6) is -5.91. The van der Waals surface area contributed by atoms with E-state index in [1.54, 1.807) is 24.3 Å². The third-order valence-electron chi connectivity index (χ3n) is 4.71. The summed E-state index contributed by atoms with van der Waals surface area (Å²) in [7, 11) is -6.36. The Morgan fingerprint density at radius 2 is 1.36 bits per heavy atom. The van der Waals surface area contributed by atoms with Crippen molar-refractivity contribution in [2.45, 2.75) is 44.8 Å². The fourth-order valence-corrected chi connectivity index (χ4v) is 5.27. The number of halogens is 4. The number of alkyl halides is 4. The topological polar surface area (TPSA) is 107 Å². The van der Waals surface area contributed by atoms with Gasteiger partial charge in [0.05, 0.1) is 0 Å². The summed E-state index contributed by atoms with van der Waals surface area (Å²) in [5.41, 5.74) is -0.490. The molecule has 0 aliphatic heterocycles. The van der Waals surface area contributed by atoms with Crippen LogP contribution in [0.2, 0.25) is 0 Å². The first-order valence-electron chi connectivity index (χ1n) is 10.4. The number of carbonyl (C=O) groups excluding carboxylic acids is 2. The number of rotatable bonds is 11. The number of ether oxygens (including phenoxy) is 2. The molecule has 2 aromatic carbocycles. The first-order valence-corrected chi connectivity index (χ1v) is 14.2. The third-order valence-corrected chi connectivity index (χ3v) is 8.56. The number of benzene rings is 2. The van der Waals surface area contributed by atoms with Crippen molar-refractivity contribution in [1.29, 1.82) is 0 Å². The van der Waals surface area contributed by atoms with Crippen molar-refractivity contribution in [2.75, 3.05) is 6.61 Å². The van der Waals surface area contributed by atoms with E-state index in [9.17, 15) is 35.6 Å². The summed E-state index contributed by atoms with van der Waals surface area (Å²) >= 11 is -0.838. The average Bonchev–Trinajstić information content (AvgIpc) is 2.77. The molecule has 0 amide bonds. The minimum atomic E-state index is -6.36. The van der Waals surface area contributed by atoms with Gasteiger partial charge in [-0.1, -0.05) is 0 Å². The van der Waals surface area contributed by atoms with E-state index in [-0.39, 0.29) is 18.1 Å². The molecule has 0 aromatic heterocycles. The minimum absolute atomic E-state index is 0.00617. The summed E-state index contributed by atoms with van der Waals surface area (Å²) in [6, 6.07) is 13.4. The zero-order chi connectivity index (χ0) is 27.4. The molecule has 0 saturated carbocycles. The van der Waals surface area contributed by atoms with Crippen LogP contribution in [0.5, 0.6) is 11.5 Å². The molecule has 0 spiro atoms. The van der Waals surface area contributed by atoms with Crippen molar-refractivity contribution in [3.05, 3.63) is 48.5 Å². The van der Waals surface area contributed by atoms with E-state index < -0.39 is 66.4 Å². The van der Waals surface area contributed by atoms with E-state index in [0.29, 0.717) is 5.75 Å². The van der Waals surface area contributed by atoms with Crippen molar-refractivity contribution in [1.82, 2.24) is 0 Å². The van der Waals surface area contributed by atoms with Gasteiger partial charge in [0.2, 0.25) is 0 Å². The van der Waals surface area contributed by atoms with Crippen LogP contribution in [-0.2, 0) is 19.7 Å². The molecular formula is C23H24F4O7STe. The molecular weight excluding hydrogens is 624 g/mol. The van der Waals surface area contributed by atoms with E-state index in [1.807, 2.05) is 32.9 Å². The van der Waals surface area contributed by atoms with Gasteiger partial charge in [0.1, 0.15) is 0 Å². The van der Waals surface area contributed by atoms with Gasteiger partial charge in [0.15, 0.2) is 0 Å². The molecule has 0 saturated heterocycles. The second kappa shape index (κ2) is 11.5. The molecule has 7 nitrogen and oxygen atoms in total. The third kappa shape index (κ3) is 8.16. The Morgan fingerprint density at radius 1 is 0.889 bits per heavy atom. The van der Waals surface area contributed by atoms with Crippen LogP contribution in [0.3, 0.4) is 0 Å². The van der Waals surface area contributed by atoms with E-state index >= 15 is 0 Å². The van der Waals surface area contributed by atoms with Crippen LogP contribution in [0.15, 0.2) is 48.5 Å². The van der Waals surface area contributed by atoms with Gasteiger partial charge in [-0.25, -0.2) is 0 Å². The standard InChI is InChI=1S/C23H24F4O7STe/c1-21(2,3)19(28)14-33-15-4-8-17(9-5-15)36-18-10-6-16(7-11-18)34-20(29)12-13-22(24,25)23(26,27)35(30,31)32/h4-11H,12-14H2,1-3H3,(H,30,31,32). The van der Waals surface area contributed by atoms with E-state index in [4.69, 9.17) is 14.0 Å². The predicted octanol–water partition coefficient (Wildman–Crippen LogP) is 3.14. The molecule has 36 heavy (non-hydrogen) atoms. The fourth-order valence-electron chi connectivity index (χ4n) is 2.46. The second-order valence-corrected chi connectivity index (χ2v) is 13.4. The number of hydrogen-bond acceptors (Lipinski definition) is 6. The predicted molar refractivity (Wildman–Crippen MR) is 124 cm³/mol. The molecule has 1 N–H and O–H groups in total. The van der Waals surface area contributed by atoms with Gasteiger partial charge >= 0.3 is 216 Å². The van der Waals surface area contributed by atoms with Crippen LogP contribution in [0, 0.1) is 5.41 Å². The summed E-state index contributed by atoms with van der Waals surface area (Å²) in [4.78, 5) is 23.7. The number of ketones is 1. The molecule has 0 atom stereocenters. The number of Topliss-reactive ketones (excluding diaryl/α,β-unsaturated/α-hetero) is 1. The van der Waals surface area contributed by atoms with Crippen molar-refractivity contribution in [2.24, 2.45) is 5.41 Å². The zero-order valence-electron chi connectivity index (χ0n) is 19.5. The van der Waals surface area contributed by atoms with Gasteiger partial charge in [0, 0.05) is 0 Å². The van der Waals surface area contributed by atoms with Crippen LogP contribution < -0.4 is 16.7 Å². The van der Waals surface area contributed by atoms with Gasteiger partial charge in [-0.15, -0.1) is 0 Å². The Balaban J connectivity index is 1.89. The van der Waals surface area contributed by atoms with Crippen LogP contribution in [-0.4, -0.2) is 63.4 Å². The first-order chi connectivity index (χ1) is 16.4. The molecule has 0 aliphatic carbocycles. The second-order valence-electron chi connectivity index (χ2n) is 8.68. The Morgan fingerprint density at radius 3 is 1.81 bits per heavy atom. The monoisotopic (exact) mass is 650 g/mol. The molecule has 198 valence electrons. The number of esters is 1. The van der Waals surface area contributed by atoms with Gasteiger partial charge < -0.3 is 0 Å². The summed E-state index contributed by atoms with van der Waals surface area (Å²) in [6.45, 7) is 5.41. The normalized spacial score (nSPS) is 12.8. The van der Waals surface area contributed by atoms with Crippen molar-refractivity contribution in [3.8, 4) is 11.5 Å². The summed E-state index contributed by atoms with van der Waals surface area (Å²) in [5, 5.41) is -5.74. The van der Waals surface area contributed by atoms with Crippen molar-refractivity contribution < 1.29 is 49.6 Å². The van der Waals surface area contributed by atoms with Crippen molar-refractivity contribution in [3.63, 3.8) is 0 Å². The molecule has 0 aliphatic rings. The Bertz CT molecular complexity index is 1180. The summed E-state index contributed by atoms with van der Waals surface area (Å²) in [6.07, 6.45) is -3.04. The quantitative estimate of drug-likeness (QED) is 0.131. The summed E-state index contributed by atoms with van der Waals surface area (Å²) < 4.78 is 95.0. The molecule has 2 rings (SSSR count). The van der Waals surface area contributed by atoms with E-state index in [0.717, 1.165) is 7.22 Å². The van der Waals surface area contributed by atoms with E-state index in [2.05, 4.69) is 0 Å². The Labute approximate surface area is 216 Å². The molecule has 0 unspecified atom stereocenters. The van der Waals surface area contributed by atoms with Crippen LogP contribution in [0.25, 0.3) is 0 Å². The Kier molecular flexibility index (Phi) is 9.56. The van der Waals surface area contributed by atoms with Gasteiger partial charge in [-0.2, -0.15) is 0 Å². The van der Waals surface area contributed by atoms with Crippen LogP contribution in [0.4, 0.5) is 17.6 Å². The molecule has 13 heteroatoms. The van der Waals surface area contributed by atoms with Crippen molar-refractivity contribution >= 4 is 50.0 Å². The van der Waals surface area contributed by atoms with Gasteiger partial charge in [-0.05, 0) is 0 Å². The Hall–Kier alpha value is -2.20. The number of hydrogen-bond donors (Lipinski definition) is 1. The van der Waals surface area contributed by atoms with Crippen LogP contribution in [0.1, 0.15) is 33.6 Å². The maximum atomic E-state index is 13.5. The fraction of sp³-hybridized carbons (Fsp3) is 0.391. The molecule has 0 fully saturated rings. The maximum absolute atomic E-state index is 13.5. The SMILES string of the molecule is CC(C)(C)C(=O)COc1ccc([Te]c2ccc(OC(=O)CCC(F)(F)C(F)(F)S(=O)(=O)O)cc2)cc1. The first kappa shape index (κ1) is 30.0. The zero-order valence-corrected chi connectivity index (χ0v) is 22.6. The van der Waals surface area contributed by atoms with E-state index in [1.165, 1.54) is 12.1 Å². The molecule has 0 radical (unpaired) electrons. The number of carbonyl (C=O) groups is 2. The molecule has 2 aromatic rings. The van der Waals surface area contributed by atoms with Gasteiger partial charge in [-0.3, -0.25) is 0 Å².